The van der Waals surface area contributed by atoms with Gasteiger partial charge < -0.3 is 5.73 Å². The summed E-state index contributed by atoms with van der Waals surface area (Å²) in [5, 5.41) is 1.60. The Morgan fingerprint density at radius 3 is 2.40 bits per heavy atom. The number of nitrogen functional groups attached to an aromatic ring is 1. The van der Waals surface area contributed by atoms with E-state index in [1.165, 1.54) is 11.8 Å². The molecular formula is C13H12BrCl2N3S. The summed E-state index contributed by atoms with van der Waals surface area (Å²) in [5.41, 5.74) is 7.17. The van der Waals surface area contributed by atoms with E-state index in [9.17, 15) is 0 Å². The van der Waals surface area contributed by atoms with E-state index in [0.29, 0.717) is 31.7 Å². The molecule has 0 radical (unpaired) electrons. The smallest absolute Gasteiger partial charge is 0.192 e. The number of hydrogen-bond acceptors (Lipinski definition) is 4. The molecule has 0 aliphatic rings. The van der Waals surface area contributed by atoms with Crippen molar-refractivity contribution in [3.63, 3.8) is 0 Å². The molecule has 0 unspecified atom stereocenters. The number of anilines is 1. The maximum Gasteiger partial charge on any atom is 0.192 e. The molecule has 0 fully saturated rings. The largest absolute Gasteiger partial charge is 0.399 e. The molecule has 0 aliphatic carbocycles. The zero-order chi connectivity index (χ0) is 14.9. The summed E-state index contributed by atoms with van der Waals surface area (Å²) in [6, 6.07) is 3.33. The van der Waals surface area contributed by atoms with Crippen molar-refractivity contribution in [3.8, 4) is 0 Å². The lowest BCUT2D eigenvalue weighted by Gasteiger charge is -2.10. The summed E-state index contributed by atoms with van der Waals surface area (Å²) in [7, 11) is 0. The van der Waals surface area contributed by atoms with Gasteiger partial charge >= 0.3 is 0 Å². The van der Waals surface area contributed by atoms with E-state index in [0.717, 1.165) is 10.2 Å². The van der Waals surface area contributed by atoms with Crippen LogP contribution in [0.25, 0.3) is 0 Å². The molecule has 0 bridgehead atoms. The van der Waals surface area contributed by atoms with Gasteiger partial charge in [-0.25, -0.2) is 9.97 Å². The van der Waals surface area contributed by atoms with Crippen LogP contribution in [0.4, 0.5) is 5.69 Å². The van der Waals surface area contributed by atoms with Gasteiger partial charge in [0, 0.05) is 11.9 Å². The van der Waals surface area contributed by atoms with E-state index in [1.54, 1.807) is 18.3 Å². The van der Waals surface area contributed by atoms with Gasteiger partial charge in [0.2, 0.25) is 0 Å². The highest BCUT2D eigenvalue weighted by Gasteiger charge is 2.14. The van der Waals surface area contributed by atoms with Crippen LogP contribution in [-0.4, -0.2) is 9.97 Å². The summed E-state index contributed by atoms with van der Waals surface area (Å²) in [6.07, 6.45) is 1.74. The highest BCUT2D eigenvalue weighted by Crippen LogP contribution is 2.39. The van der Waals surface area contributed by atoms with Gasteiger partial charge in [0.05, 0.1) is 25.1 Å². The zero-order valence-corrected chi connectivity index (χ0v) is 14.7. The molecule has 0 aliphatic heterocycles. The number of benzene rings is 1. The lowest BCUT2D eigenvalue weighted by molar-refractivity contribution is 0.770. The van der Waals surface area contributed by atoms with Crippen LogP contribution in [0.1, 0.15) is 25.5 Å². The second-order valence-electron chi connectivity index (χ2n) is 4.46. The average molecular weight is 393 g/mol. The highest BCUT2D eigenvalue weighted by molar-refractivity contribution is 9.10. The van der Waals surface area contributed by atoms with Crippen molar-refractivity contribution in [1.29, 1.82) is 0 Å². The van der Waals surface area contributed by atoms with Crippen molar-refractivity contribution >= 4 is 56.6 Å². The Labute approximate surface area is 140 Å². The number of hydrogen-bond donors (Lipinski definition) is 1. The Morgan fingerprint density at radius 1 is 1.25 bits per heavy atom. The van der Waals surface area contributed by atoms with E-state index < -0.39 is 0 Å². The summed E-state index contributed by atoms with van der Waals surface area (Å²) < 4.78 is 0.895. The predicted molar refractivity (Wildman–Crippen MR) is 88.8 cm³/mol. The van der Waals surface area contributed by atoms with Gasteiger partial charge in [0.15, 0.2) is 5.16 Å². The summed E-state index contributed by atoms with van der Waals surface area (Å²) in [6.45, 7) is 4.15. The molecular weight excluding hydrogens is 381 g/mol. The first-order chi connectivity index (χ1) is 9.38. The van der Waals surface area contributed by atoms with Crippen LogP contribution in [0.3, 0.4) is 0 Å². The molecule has 1 aromatic heterocycles. The quantitative estimate of drug-likeness (QED) is 0.560. The second kappa shape index (κ2) is 6.52. The van der Waals surface area contributed by atoms with Crippen LogP contribution in [-0.2, 0) is 0 Å². The molecule has 2 rings (SSSR count). The molecule has 0 spiro atoms. The Bertz CT molecular complexity index is 627. The van der Waals surface area contributed by atoms with E-state index in [-0.39, 0.29) is 0 Å². The Kier molecular flexibility index (Phi) is 5.18. The first kappa shape index (κ1) is 15.9. The van der Waals surface area contributed by atoms with Gasteiger partial charge in [-0.1, -0.05) is 37.0 Å². The SMILES string of the molecule is CC(C)c1nc(Sc2c(Cl)cc(N)cc2Cl)ncc1Br. The monoisotopic (exact) mass is 391 g/mol. The van der Waals surface area contributed by atoms with Gasteiger partial charge in [-0.05, 0) is 45.7 Å². The van der Waals surface area contributed by atoms with Crippen LogP contribution in [0.15, 0.2) is 32.9 Å². The minimum atomic E-state index is 0.295. The van der Waals surface area contributed by atoms with E-state index >= 15 is 0 Å². The van der Waals surface area contributed by atoms with Crippen LogP contribution in [0.5, 0.6) is 0 Å². The number of aromatic nitrogens is 2. The molecule has 2 N–H and O–H groups in total. The lowest BCUT2D eigenvalue weighted by Crippen LogP contribution is -1.98. The molecule has 0 amide bonds. The molecule has 3 nitrogen and oxygen atoms in total. The standard InChI is InChI=1S/C13H12BrCl2N3S/c1-6(2)11-8(14)5-18-13(19-11)20-12-9(15)3-7(17)4-10(12)16/h3-6H,17H2,1-2H3. The van der Waals surface area contributed by atoms with Crippen molar-refractivity contribution in [1.82, 2.24) is 9.97 Å². The molecule has 0 saturated carbocycles. The summed E-state index contributed by atoms with van der Waals surface area (Å²) in [4.78, 5) is 9.51. The fourth-order valence-corrected chi connectivity index (χ4v) is 3.71. The Morgan fingerprint density at radius 2 is 1.85 bits per heavy atom. The van der Waals surface area contributed by atoms with Crippen molar-refractivity contribution in [3.05, 3.63) is 38.5 Å². The van der Waals surface area contributed by atoms with Crippen LogP contribution < -0.4 is 5.73 Å². The molecule has 7 heteroatoms. The van der Waals surface area contributed by atoms with Crippen LogP contribution >= 0.6 is 50.9 Å². The van der Waals surface area contributed by atoms with E-state index in [1.807, 2.05) is 0 Å². The highest BCUT2D eigenvalue weighted by atomic mass is 79.9. The third kappa shape index (κ3) is 3.58. The number of nitrogens with two attached hydrogens (primary N) is 1. The van der Waals surface area contributed by atoms with Gasteiger partial charge in [-0.2, -0.15) is 0 Å². The third-order valence-corrected chi connectivity index (χ3v) is 4.96. The molecule has 1 heterocycles. The predicted octanol–water partition coefficient (Wildman–Crippen LogP) is 5.40. The minimum absolute atomic E-state index is 0.295. The number of halogens is 3. The molecule has 2 aromatic rings. The zero-order valence-electron chi connectivity index (χ0n) is 10.8. The van der Waals surface area contributed by atoms with Crippen molar-refractivity contribution in [2.45, 2.75) is 29.8 Å². The average Bonchev–Trinajstić information content (AvgIpc) is 2.35. The lowest BCUT2D eigenvalue weighted by atomic mass is 10.1. The maximum absolute atomic E-state index is 6.17. The van der Waals surface area contributed by atoms with Gasteiger partial charge in [0.25, 0.3) is 0 Å². The molecule has 0 atom stereocenters. The van der Waals surface area contributed by atoms with Gasteiger partial charge in [-0.15, -0.1) is 0 Å². The first-order valence-corrected chi connectivity index (χ1v) is 8.20. The van der Waals surface area contributed by atoms with Gasteiger partial charge in [0.1, 0.15) is 0 Å². The normalized spacial score (nSPS) is 11.1. The summed E-state index contributed by atoms with van der Waals surface area (Å²) in [5.74, 6) is 0.295. The van der Waals surface area contributed by atoms with Crippen molar-refractivity contribution < 1.29 is 0 Å². The second-order valence-corrected chi connectivity index (χ2v) is 7.10. The molecule has 1 aromatic carbocycles. The minimum Gasteiger partial charge on any atom is -0.399 e. The molecule has 20 heavy (non-hydrogen) atoms. The topological polar surface area (TPSA) is 51.8 Å². The first-order valence-electron chi connectivity index (χ1n) is 5.83. The van der Waals surface area contributed by atoms with E-state index in [4.69, 9.17) is 28.9 Å². The fourth-order valence-electron chi connectivity index (χ4n) is 1.59. The third-order valence-electron chi connectivity index (χ3n) is 2.51. The maximum atomic E-state index is 6.17. The molecule has 0 saturated heterocycles. The Balaban J connectivity index is 2.38. The van der Waals surface area contributed by atoms with Crippen LogP contribution in [0, 0.1) is 0 Å². The van der Waals surface area contributed by atoms with Crippen molar-refractivity contribution in [2.24, 2.45) is 0 Å². The molecule has 106 valence electrons. The fraction of sp³-hybridized carbons (Fsp3) is 0.231. The van der Waals surface area contributed by atoms with Crippen molar-refractivity contribution in [2.75, 3.05) is 5.73 Å². The van der Waals surface area contributed by atoms with E-state index in [2.05, 4.69) is 39.7 Å². The number of nitrogens with zero attached hydrogens (tertiary/aromatic N) is 2. The summed E-state index contributed by atoms with van der Waals surface area (Å²) >= 11 is 17.1. The van der Waals surface area contributed by atoms with Crippen LogP contribution in [0.2, 0.25) is 10.0 Å². The Hall–Kier alpha value is -0.490. The van der Waals surface area contributed by atoms with Gasteiger partial charge in [-0.3, -0.25) is 0 Å². The number of rotatable bonds is 3.